The van der Waals surface area contributed by atoms with E-state index in [1.54, 1.807) is 0 Å². The third kappa shape index (κ3) is 4.08. The average molecular weight is 251 g/mol. The largest absolute Gasteiger partial charge is 0.334 e. The van der Waals surface area contributed by atoms with Gasteiger partial charge in [0.1, 0.15) is 0 Å². The summed E-state index contributed by atoms with van der Waals surface area (Å²) in [6.45, 7) is 7.76. The van der Waals surface area contributed by atoms with Gasteiger partial charge in [-0.05, 0) is 31.4 Å². The third-order valence-corrected chi connectivity index (χ3v) is 3.83. The van der Waals surface area contributed by atoms with Gasteiger partial charge in [0.25, 0.3) is 5.24 Å². The number of hydrogen-bond donors (Lipinski definition) is 0. The lowest BCUT2D eigenvalue weighted by atomic mass is 10.1. The molecule has 0 aliphatic carbocycles. The van der Waals surface area contributed by atoms with Crippen molar-refractivity contribution in [3.63, 3.8) is 0 Å². The SMILES string of the molecule is CCc1ccccc1CSC(=O)N(CC)CC. The van der Waals surface area contributed by atoms with E-state index in [0.29, 0.717) is 0 Å². The molecule has 0 atom stereocenters. The highest BCUT2D eigenvalue weighted by Gasteiger charge is 2.10. The Balaban J connectivity index is 2.58. The van der Waals surface area contributed by atoms with Crippen LogP contribution in [0.1, 0.15) is 31.9 Å². The second-order valence-electron chi connectivity index (χ2n) is 3.85. The van der Waals surface area contributed by atoms with E-state index in [4.69, 9.17) is 0 Å². The Morgan fingerprint density at radius 3 is 2.24 bits per heavy atom. The Morgan fingerprint density at radius 1 is 1.12 bits per heavy atom. The lowest BCUT2D eigenvalue weighted by Crippen LogP contribution is -2.26. The number of benzene rings is 1. The molecule has 0 unspecified atom stereocenters. The molecule has 0 aliphatic rings. The standard InChI is InChI=1S/C14H21NOS/c1-4-12-9-7-8-10-13(12)11-17-14(16)15(5-2)6-3/h7-10H,4-6,11H2,1-3H3. The zero-order chi connectivity index (χ0) is 12.7. The van der Waals surface area contributed by atoms with E-state index in [9.17, 15) is 4.79 Å². The van der Waals surface area contributed by atoms with E-state index in [1.807, 2.05) is 24.8 Å². The molecule has 0 aliphatic heterocycles. The van der Waals surface area contributed by atoms with Crippen molar-refractivity contribution in [3.8, 4) is 0 Å². The smallest absolute Gasteiger partial charge is 0.281 e. The van der Waals surface area contributed by atoms with E-state index in [0.717, 1.165) is 25.3 Å². The van der Waals surface area contributed by atoms with Gasteiger partial charge in [-0.3, -0.25) is 4.79 Å². The molecule has 1 aromatic rings. The normalized spacial score (nSPS) is 10.3. The summed E-state index contributed by atoms with van der Waals surface area (Å²) >= 11 is 1.40. The van der Waals surface area contributed by atoms with Crippen LogP contribution in [0.25, 0.3) is 0 Å². The van der Waals surface area contributed by atoms with Crippen molar-refractivity contribution in [2.45, 2.75) is 32.9 Å². The Hall–Kier alpha value is -0.960. The molecular formula is C14H21NOS. The summed E-state index contributed by atoms with van der Waals surface area (Å²) in [5, 5.41) is 0.181. The molecule has 0 saturated heterocycles. The van der Waals surface area contributed by atoms with Gasteiger partial charge in [-0.2, -0.15) is 0 Å². The molecule has 1 aromatic carbocycles. The van der Waals surface area contributed by atoms with Gasteiger partial charge in [-0.15, -0.1) is 0 Å². The number of rotatable bonds is 5. The van der Waals surface area contributed by atoms with Crippen molar-refractivity contribution in [2.75, 3.05) is 13.1 Å². The predicted molar refractivity (Wildman–Crippen MR) is 75.4 cm³/mol. The van der Waals surface area contributed by atoms with Crippen molar-refractivity contribution in [2.24, 2.45) is 0 Å². The van der Waals surface area contributed by atoms with Gasteiger partial charge in [0, 0.05) is 18.8 Å². The summed E-state index contributed by atoms with van der Waals surface area (Å²) in [5.41, 5.74) is 2.62. The van der Waals surface area contributed by atoms with Crippen molar-refractivity contribution in [1.82, 2.24) is 4.90 Å². The van der Waals surface area contributed by atoms with Gasteiger partial charge < -0.3 is 4.90 Å². The Morgan fingerprint density at radius 2 is 1.71 bits per heavy atom. The van der Waals surface area contributed by atoms with E-state index in [-0.39, 0.29) is 5.24 Å². The number of carbonyl (C=O) groups is 1. The van der Waals surface area contributed by atoms with Crippen molar-refractivity contribution >= 4 is 17.0 Å². The minimum atomic E-state index is 0.181. The van der Waals surface area contributed by atoms with Crippen LogP contribution in [-0.4, -0.2) is 23.2 Å². The van der Waals surface area contributed by atoms with Crippen molar-refractivity contribution in [1.29, 1.82) is 0 Å². The lowest BCUT2D eigenvalue weighted by Gasteiger charge is -2.18. The second kappa shape index (κ2) is 7.38. The summed E-state index contributed by atoms with van der Waals surface area (Å²) in [4.78, 5) is 13.7. The quantitative estimate of drug-likeness (QED) is 0.790. The number of nitrogens with zero attached hydrogens (tertiary/aromatic N) is 1. The van der Waals surface area contributed by atoms with Crippen LogP contribution in [0.5, 0.6) is 0 Å². The van der Waals surface area contributed by atoms with Crippen LogP contribution in [0, 0.1) is 0 Å². The molecule has 0 saturated carbocycles. The minimum Gasteiger partial charge on any atom is -0.334 e. The monoisotopic (exact) mass is 251 g/mol. The van der Waals surface area contributed by atoms with Crippen LogP contribution in [0.3, 0.4) is 0 Å². The molecule has 0 heterocycles. The highest BCUT2D eigenvalue weighted by atomic mass is 32.2. The van der Waals surface area contributed by atoms with E-state index < -0.39 is 0 Å². The van der Waals surface area contributed by atoms with Gasteiger partial charge in [0.15, 0.2) is 0 Å². The topological polar surface area (TPSA) is 20.3 Å². The number of hydrogen-bond acceptors (Lipinski definition) is 2. The maximum atomic E-state index is 11.9. The first-order valence-electron chi connectivity index (χ1n) is 6.21. The summed E-state index contributed by atoms with van der Waals surface area (Å²) in [6, 6.07) is 8.34. The van der Waals surface area contributed by atoms with Crippen molar-refractivity contribution in [3.05, 3.63) is 35.4 Å². The molecule has 3 heteroatoms. The zero-order valence-corrected chi connectivity index (χ0v) is 11.7. The van der Waals surface area contributed by atoms with Gasteiger partial charge in [-0.25, -0.2) is 0 Å². The Kier molecular flexibility index (Phi) is 6.12. The molecule has 17 heavy (non-hydrogen) atoms. The van der Waals surface area contributed by atoms with Gasteiger partial charge >= 0.3 is 0 Å². The molecule has 1 amide bonds. The first-order chi connectivity index (χ1) is 8.22. The molecule has 0 spiro atoms. The molecular weight excluding hydrogens is 230 g/mol. The second-order valence-corrected chi connectivity index (χ2v) is 4.78. The molecule has 0 radical (unpaired) electrons. The number of aryl methyl sites for hydroxylation is 1. The highest BCUT2D eigenvalue weighted by Crippen LogP contribution is 2.19. The van der Waals surface area contributed by atoms with Crippen LogP contribution < -0.4 is 0 Å². The summed E-state index contributed by atoms with van der Waals surface area (Å²) in [6.07, 6.45) is 1.02. The third-order valence-electron chi connectivity index (χ3n) is 2.87. The molecule has 0 bridgehead atoms. The average Bonchev–Trinajstić information content (AvgIpc) is 2.38. The Labute approximate surface area is 108 Å². The predicted octanol–water partition coefficient (Wildman–Crippen LogP) is 3.94. The van der Waals surface area contributed by atoms with E-state index in [1.165, 1.54) is 22.9 Å². The molecule has 0 N–H and O–H groups in total. The number of amides is 1. The fourth-order valence-electron chi connectivity index (χ4n) is 1.76. The Bertz CT molecular complexity index is 361. The molecule has 0 aromatic heterocycles. The van der Waals surface area contributed by atoms with Crippen LogP contribution in [0.4, 0.5) is 4.79 Å². The molecule has 1 rings (SSSR count). The minimum absolute atomic E-state index is 0.181. The van der Waals surface area contributed by atoms with Crippen LogP contribution in [0.2, 0.25) is 0 Å². The summed E-state index contributed by atoms with van der Waals surface area (Å²) in [5.74, 6) is 0.777. The maximum Gasteiger partial charge on any atom is 0.281 e. The lowest BCUT2D eigenvalue weighted by molar-refractivity contribution is 0.228. The molecule has 2 nitrogen and oxygen atoms in total. The first kappa shape index (κ1) is 14.1. The van der Waals surface area contributed by atoms with Gasteiger partial charge in [-0.1, -0.05) is 43.0 Å². The van der Waals surface area contributed by atoms with Crippen LogP contribution in [-0.2, 0) is 12.2 Å². The van der Waals surface area contributed by atoms with E-state index >= 15 is 0 Å². The summed E-state index contributed by atoms with van der Waals surface area (Å²) < 4.78 is 0. The van der Waals surface area contributed by atoms with Crippen LogP contribution in [0.15, 0.2) is 24.3 Å². The zero-order valence-electron chi connectivity index (χ0n) is 10.9. The van der Waals surface area contributed by atoms with Crippen molar-refractivity contribution < 1.29 is 4.79 Å². The van der Waals surface area contributed by atoms with Gasteiger partial charge in [0.05, 0.1) is 0 Å². The van der Waals surface area contributed by atoms with Gasteiger partial charge in [0.2, 0.25) is 0 Å². The van der Waals surface area contributed by atoms with E-state index in [2.05, 4.69) is 25.1 Å². The molecule has 0 fully saturated rings. The summed E-state index contributed by atoms with van der Waals surface area (Å²) in [7, 11) is 0. The highest BCUT2D eigenvalue weighted by molar-refractivity contribution is 8.12. The van der Waals surface area contributed by atoms with Crippen LogP contribution >= 0.6 is 11.8 Å². The maximum absolute atomic E-state index is 11.9. The fraction of sp³-hybridized carbons (Fsp3) is 0.500. The molecule has 94 valence electrons. The fourth-order valence-corrected chi connectivity index (χ4v) is 2.76. The number of thioether (sulfide) groups is 1. The first-order valence-corrected chi connectivity index (χ1v) is 7.19. The number of carbonyl (C=O) groups excluding carboxylic acids is 1.